The summed E-state index contributed by atoms with van der Waals surface area (Å²) < 4.78 is 30.6. The summed E-state index contributed by atoms with van der Waals surface area (Å²) in [4.78, 5) is 24.8. The van der Waals surface area contributed by atoms with Crippen molar-refractivity contribution >= 4 is 21.8 Å². The molecule has 9 heteroatoms. The molecule has 0 saturated carbocycles. The number of hydrogen-bond acceptors (Lipinski definition) is 4. The van der Waals surface area contributed by atoms with Gasteiger partial charge in [-0.25, -0.2) is 8.42 Å². The third-order valence-corrected chi connectivity index (χ3v) is 8.64. The fourth-order valence-corrected chi connectivity index (χ4v) is 6.25. The van der Waals surface area contributed by atoms with Crippen LogP contribution in [0.2, 0.25) is 0 Å². The van der Waals surface area contributed by atoms with Crippen molar-refractivity contribution in [3.05, 3.63) is 88.2 Å². The van der Waals surface area contributed by atoms with Crippen LogP contribution in [0.4, 0.5) is 0 Å². The van der Waals surface area contributed by atoms with E-state index in [2.05, 4.69) is 10.6 Å². The van der Waals surface area contributed by atoms with E-state index >= 15 is 0 Å². The number of rotatable bonds is 8. The monoisotopic (exact) mass is 508 g/mol. The maximum atomic E-state index is 13.7. The zero-order valence-electron chi connectivity index (χ0n) is 20.9. The van der Waals surface area contributed by atoms with Gasteiger partial charge in [-0.05, 0) is 48.6 Å². The molecular formula is C27H32N4O4S. The number of nitrogens with one attached hydrogen (secondary N) is 2. The highest BCUT2D eigenvalue weighted by Gasteiger charge is 2.32. The minimum absolute atomic E-state index is 0.116. The fraction of sp³-hybridized carbons (Fsp3) is 0.333. The summed E-state index contributed by atoms with van der Waals surface area (Å²) in [5, 5.41) is 5.65. The summed E-state index contributed by atoms with van der Waals surface area (Å²) in [7, 11) is -3.84. The van der Waals surface area contributed by atoms with Gasteiger partial charge in [-0.15, -0.1) is 0 Å². The third-order valence-electron chi connectivity index (χ3n) is 6.68. The number of aromatic nitrogens is 1. The van der Waals surface area contributed by atoms with Crippen LogP contribution in [0.1, 0.15) is 45.4 Å². The van der Waals surface area contributed by atoms with Crippen molar-refractivity contribution in [2.75, 3.05) is 13.1 Å². The van der Waals surface area contributed by atoms with Gasteiger partial charge in [-0.3, -0.25) is 9.59 Å². The molecule has 2 N–H and O–H groups in total. The van der Waals surface area contributed by atoms with Gasteiger partial charge in [0.15, 0.2) is 0 Å². The van der Waals surface area contributed by atoms with E-state index in [0.717, 1.165) is 22.3 Å². The van der Waals surface area contributed by atoms with Crippen LogP contribution in [0, 0.1) is 13.8 Å². The standard InChI is InChI=1S/C27H32N4O4S/c1-19-8-4-5-10-23(19)17-29-27(33)25-16-26(20(2)31(25)15-13-28-21(3)32)36(34,35)30-14-12-22-9-6-7-11-24(22)18-30/h4-11,16H,12-15,17-18H2,1-3H3,(H,28,32)(H,29,33). The van der Waals surface area contributed by atoms with Crippen LogP contribution >= 0.6 is 0 Å². The van der Waals surface area contributed by atoms with Gasteiger partial charge < -0.3 is 15.2 Å². The molecule has 190 valence electrons. The summed E-state index contributed by atoms with van der Waals surface area (Å²) >= 11 is 0. The summed E-state index contributed by atoms with van der Waals surface area (Å²) in [6, 6.07) is 17.1. The van der Waals surface area contributed by atoms with E-state index in [-0.39, 0.29) is 35.5 Å². The Bertz CT molecular complexity index is 1390. The first kappa shape index (κ1) is 25.7. The average molecular weight is 509 g/mol. The Morgan fingerprint density at radius 3 is 2.39 bits per heavy atom. The lowest BCUT2D eigenvalue weighted by molar-refractivity contribution is -0.118. The maximum absolute atomic E-state index is 13.7. The van der Waals surface area contributed by atoms with E-state index in [1.54, 1.807) is 11.5 Å². The molecular weight excluding hydrogens is 476 g/mol. The van der Waals surface area contributed by atoms with Gasteiger partial charge in [0.25, 0.3) is 5.91 Å². The predicted molar refractivity (Wildman–Crippen MR) is 138 cm³/mol. The number of carbonyl (C=O) groups excluding carboxylic acids is 2. The molecule has 4 rings (SSSR count). The second-order valence-electron chi connectivity index (χ2n) is 9.08. The van der Waals surface area contributed by atoms with Crippen molar-refractivity contribution in [2.45, 2.75) is 51.7 Å². The molecule has 0 bridgehead atoms. The molecule has 8 nitrogen and oxygen atoms in total. The molecule has 0 atom stereocenters. The van der Waals surface area contributed by atoms with Crippen molar-refractivity contribution in [1.29, 1.82) is 0 Å². The second-order valence-corrected chi connectivity index (χ2v) is 11.0. The van der Waals surface area contributed by atoms with Crippen LogP contribution in [0.5, 0.6) is 0 Å². The average Bonchev–Trinajstić information content (AvgIpc) is 3.19. The molecule has 3 aromatic rings. The van der Waals surface area contributed by atoms with E-state index in [1.165, 1.54) is 17.3 Å². The zero-order chi connectivity index (χ0) is 25.9. The van der Waals surface area contributed by atoms with Crippen LogP contribution in [-0.4, -0.2) is 42.2 Å². The van der Waals surface area contributed by atoms with E-state index in [9.17, 15) is 18.0 Å². The molecule has 2 aromatic carbocycles. The largest absolute Gasteiger partial charge is 0.355 e. The summed E-state index contributed by atoms with van der Waals surface area (Å²) in [5.41, 5.74) is 4.92. The molecule has 2 heterocycles. The fourth-order valence-electron chi connectivity index (χ4n) is 4.59. The molecule has 1 aliphatic rings. The smallest absolute Gasteiger partial charge is 0.268 e. The lowest BCUT2D eigenvalue weighted by Gasteiger charge is -2.28. The van der Waals surface area contributed by atoms with Crippen molar-refractivity contribution in [3.8, 4) is 0 Å². The Balaban J connectivity index is 1.63. The zero-order valence-corrected chi connectivity index (χ0v) is 21.7. The van der Waals surface area contributed by atoms with Gasteiger partial charge in [0, 0.05) is 45.3 Å². The highest BCUT2D eigenvalue weighted by molar-refractivity contribution is 7.89. The first-order valence-electron chi connectivity index (χ1n) is 12.0. The van der Waals surface area contributed by atoms with Crippen LogP contribution in [0.25, 0.3) is 0 Å². The van der Waals surface area contributed by atoms with E-state index in [4.69, 9.17) is 0 Å². The molecule has 0 fully saturated rings. The number of nitrogens with zero attached hydrogens (tertiary/aromatic N) is 2. The summed E-state index contributed by atoms with van der Waals surface area (Å²) in [5.74, 6) is -0.556. The minimum atomic E-state index is -3.84. The number of amides is 2. The van der Waals surface area contributed by atoms with Crippen molar-refractivity contribution in [1.82, 2.24) is 19.5 Å². The number of benzene rings is 2. The number of hydrogen-bond donors (Lipinski definition) is 2. The summed E-state index contributed by atoms with van der Waals surface area (Å²) in [6.45, 7) is 6.65. The number of fused-ring (bicyclic) bond motifs is 1. The first-order valence-corrected chi connectivity index (χ1v) is 13.5. The molecule has 0 radical (unpaired) electrons. The Hall–Kier alpha value is -3.43. The molecule has 1 aliphatic heterocycles. The lowest BCUT2D eigenvalue weighted by atomic mass is 10.0. The van der Waals surface area contributed by atoms with E-state index in [0.29, 0.717) is 31.7 Å². The highest BCUT2D eigenvalue weighted by atomic mass is 32.2. The minimum Gasteiger partial charge on any atom is -0.355 e. The van der Waals surface area contributed by atoms with Crippen LogP contribution in [-0.2, 0) is 40.9 Å². The summed E-state index contributed by atoms with van der Waals surface area (Å²) in [6.07, 6.45) is 0.640. The highest BCUT2D eigenvalue weighted by Crippen LogP contribution is 2.29. The van der Waals surface area contributed by atoms with Gasteiger partial charge in [-0.2, -0.15) is 4.31 Å². The molecule has 0 saturated heterocycles. The van der Waals surface area contributed by atoms with Crippen molar-refractivity contribution in [3.63, 3.8) is 0 Å². The normalized spacial score (nSPS) is 13.8. The molecule has 2 amide bonds. The molecule has 36 heavy (non-hydrogen) atoms. The Kier molecular flexibility index (Phi) is 7.61. The topological polar surface area (TPSA) is 101 Å². The Labute approximate surface area is 212 Å². The predicted octanol–water partition coefficient (Wildman–Crippen LogP) is 2.92. The van der Waals surface area contributed by atoms with E-state index < -0.39 is 10.0 Å². The molecule has 0 unspecified atom stereocenters. The number of aryl methyl sites for hydroxylation is 1. The van der Waals surface area contributed by atoms with E-state index in [1.807, 2.05) is 55.5 Å². The van der Waals surface area contributed by atoms with Gasteiger partial charge in [0.05, 0.1) is 0 Å². The quantitative estimate of drug-likeness (QED) is 0.489. The SMILES string of the molecule is CC(=O)NCCn1c(C(=O)NCc2ccccc2C)cc(S(=O)(=O)N2CCc3ccccc3C2)c1C. The van der Waals surface area contributed by atoms with Crippen LogP contribution in [0.15, 0.2) is 59.5 Å². The Morgan fingerprint density at radius 2 is 1.67 bits per heavy atom. The first-order chi connectivity index (χ1) is 17.2. The molecule has 0 spiro atoms. The van der Waals surface area contributed by atoms with Gasteiger partial charge in [0.1, 0.15) is 10.6 Å². The van der Waals surface area contributed by atoms with Gasteiger partial charge in [-0.1, -0.05) is 48.5 Å². The van der Waals surface area contributed by atoms with Gasteiger partial charge >= 0.3 is 0 Å². The van der Waals surface area contributed by atoms with Crippen LogP contribution in [0.3, 0.4) is 0 Å². The molecule has 1 aromatic heterocycles. The number of carbonyl (C=O) groups is 2. The van der Waals surface area contributed by atoms with Crippen molar-refractivity contribution in [2.24, 2.45) is 0 Å². The van der Waals surface area contributed by atoms with Gasteiger partial charge in [0.2, 0.25) is 15.9 Å². The Morgan fingerprint density at radius 1 is 0.972 bits per heavy atom. The maximum Gasteiger partial charge on any atom is 0.268 e. The number of sulfonamides is 1. The molecule has 0 aliphatic carbocycles. The lowest BCUT2D eigenvalue weighted by Crippen LogP contribution is -2.36. The van der Waals surface area contributed by atoms with Crippen molar-refractivity contribution < 1.29 is 18.0 Å². The third kappa shape index (κ3) is 5.37. The second kappa shape index (κ2) is 10.7. The van der Waals surface area contributed by atoms with Crippen LogP contribution < -0.4 is 10.6 Å².